The van der Waals surface area contributed by atoms with Crippen molar-refractivity contribution in [2.24, 2.45) is 11.8 Å². The molecule has 4 aliphatic rings. The number of pyridine rings is 2. The van der Waals surface area contributed by atoms with Gasteiger partial charge >= 0.3 is 18.0 Å². The molecule has 0 saturated carbocycles. The minimum Gasteiger partial charge on any atom is -0.507 e. The van der Waals surface area contributed by atoms with Gasteiger partial charge in [0.2, 0.25) is 11.8 Å². The zero-order valence-corrected chi connectivity index (χ0v) is 38.8. The summed E-state index contributed by atoms with van der Waals surface area (Å²) >= 11 is 0. The molecule has 8 rings (SSSR count). The quantitative estimate of drug-likeness (QED) is 0.0669. The first-order valence-electron chi connectivity index (χ1n) is 22.4. The van der Waals surface area contributed by atoms with E-state index in [0.717, 1.165) is 61.0 Å². The molecule has 0 radical (unpaired) electrons. The lowest BCUT2D eigenvalue weighted by Crippen LogP contribution is -2.43. The number of nitrogens with one attached hydrogen (secondary N) is 3. The number of hydrogen-bond donors (Lipinski definition) is 5. The molecule has 17 heteroatoms. The summed E-state index contributed by atoms with van der Waals surface area (Å²) in [4.78, 5) is 73.9. The van der Waals surface area contributed by atoms with Crippen LogP contribution in [-0.4, -0.2) is 99.9 Å². The van der Waals surface area contributed by atoms with Gasteiger partial charge in [0.1, 0.15) is 40.6 Å². The number of phenolic OH excluding ortho intramolecular Hbond substituents is 2. The number of fused-ring (bicyclic) bond motifs is 2. The van der Waals surface area contributed by atoms with E-state index in [4.69, 9.17) is 14.2 Å². The molecule has 352 valence electrons. The smallest absolute Gasteiger partial charge is 0.410 e. The Morgan fingerprint density at radius 3 is 1.68 bits per heavy atom. The third-order valence-electron chi connectivity index (χ3n) is 12.0. The first-order chi connectivity index (χ1) is 31.1. The van der Waals surface area contributed by atoms with E-state index >= 15 is 0 Å². The Bertz CT molecular complexity index is 2450. The third-order valence-corrected chi connectivity index (χ3v) is 12.0. The Kier molecular flexibility index (Phi) is 15.9. The van der Waals surface area contributed by atoms with Crippen LogP contribution in [0.4, 0.5) is 16.4 Å². The monoisotopic (exact) mass is 926 g/mol. The Balaban J connectivity index is 0.000000220. The van der Waals surface area contributed by atoms with Crippen molar-refractivity contribution in [3.63, 3.8) is 0 Å². The van der Waals surface area contributed by atoms with E-state index in [1.165, 1.54) is 0 Å². The van der Waals surface area contributed by atoms with Gasteiger partial charge in [-0.25, -0.2) is 14.8 Å². The Hall–Kier alpha value is -6.26. The number of carbonyl (C=O) groups is 5. The molecule has 4 unspecified atom stereocenters. The van der Waals surface area contributed by atoms with Crippen LogP contribution in [0, 0.1) is 11.8 Å². The highest BCUT2D eigenvalue weighted by Gasteiger charge is 2.39. The molecule has 5 N–H and O–H groups in total. The van der Waals surface area contributed by atoms with Gasteiger partial charge in [-0.1, -0.05) is 24.3 Å². The second kappa shape index (κ2) is 21.4. The minimum absolute atomic E-state index is 0. The number of para-hydroxylation sites is 2. The van der Waals surface area contributed by atoms with Crippen molar-refractivity contribution >= 4 is 53.9 Å². The summed E-state index contributed by atoms with van der Waals surface area (Å²) in [5.74, 6) is -2.55. The van der Waals surface area contributed by atoms with Crippen LogP contribution >= 0.6 is 12.4 Å². The van der Waals surface area contributed by atoms with Crippen LogP contribution in [0.15, 0.2) is 60.7 Å². The Labute approximate surface area is 390 Å². The molecule has 16 nitrogen and oxygen atoms in total. The van der Waals surface area contributed by atoms with Crippen molar-refractivity contribution in [1.29, 1.82) is 0 Å². The number of anilines is 2. The first-order valence-corrected chi connectivity index (χ1v) is 22.4. The second-order valence-corrected chi connectivity index (χ2v) is 17.7. The molecule has 2 saturated heterocycles. The summed E-state index contributed by atoms with van der Waals surface area (Å²) in [5, 5.41) is 29.8. The van der Waals surface area contributed by atoms with E-state index in [1.807, 2.05) is 39.0 Å². The first kappa shape index (κ1) is 49.2. The molecule has 0 bridgehead atoms. The summed E-state index contributed by atoms with van der Waals surface area (Å²) in [7, 11) is 0. The molecule has 4 aromatic rings. The van der Waals surface area contributed by atoms with Crippen LogP contribution in [0.5, 0.6) is 11.5 Å². The predicted octanol–water partition coefficient (Wildman–Crippen LogP) is 7.26. The number of nitrogens with zero attached hydrogens (tertiary/aromatic N) is 3. The average Bonchev–Trinajstić information content (AvgIpc) is 3.28. The maximum absolute atomic E-state index is 12.8. The normalized spacial score (nSPS) is 20.1. The highest BCUT2D eigenvalue weighted by atomic mass is 35.5. The molecular weight excluding hydrogens is 868 g/mol. The number of amides is 3. The van der Waals surface area contributed by atoms with Gasteiger partial charge in [0, 0.05) is 36.7 Å². The molecule has 2 aromatic carbocycles. The third kappa shape index (κ3) is 11.2. The van der Waals surface area contributed by atoms with Gasteiger partial charge in [-0.05, 0) is 144 Å². The van der Waals surface area contributed by atoms with Gasteiger partial charge < -0.3 is 45.3 Å². The topological polar surface area (TPSA) is 219 Å². The molecule has 3 amide bonds. The maximum Gasteiger partial charge on any atom is 0.410 e. The van der Waals surface area contributed by atoms with Gasteiger partial charge in [-0.2, -0.15) is 0 Å². The lowest BCUT2D eigenvalue weighted by atomic mass is 9.82. The van der Waals surface area contributed by atoms with E-state index in [2.05, 4.69) is 25.9 Å². The lowest BCUT2D eigenvalue weighted by molar-refractivity contribution is -0.152. The van der Waals surface area contributed by atoms with Crippen LogP contribution in [0.3, 0.4) is 0 Å². The zero-order chi connectivity index (χ0) is 46.4. The molecule has 2 aromatic heterocycles. The fourth-order valence-electron chi connectivity index (χ4n) is 8.91. The van der Waals surface area contributed by atoms with Crippen molar-refractivity contribution in [1.82, 2.24) is 20.2 Å². The maximum atomic E-state index is 12.8. The van der Waals surface area contributed by atoms with E-state index in [-0.39, 0.29) is 67.9 Å². The number of halogens is 1. The van der Waals surface area contributed by atoms with Gasteiger partial charge in [-0.15, -0.1) is 12.4 Å². The molecule has 4 aliphatic heterocycles. The molecular formula is C49H59ClN6O10. The Morgan fingerprint density at radius 2 is 1.23 bits per heavy atom. The van der Waals surface area contributed by atoms with Gasteiger partial charge in [-0.3, -0.25) is 19.2 Å². The number of aromatic hydroxyl groups is 2. The summed E-state index contributed by atoms with van der Waals surface area (Å²) in [6, 6.07) is 17.8. The van der Waals surface area contributed by atoms with Crippen molar-refractivity contribution in [2.75, 3.05) is 50.0 Å². The number of likely N-dealkylation sites (tertiary alicyclic amines) is 1. The van der Waals surface area contributed by atoms with E-state index < -0.39 is 41.2 Å². The number of ether oxygens (including phenoxy) is 3. The number of rotatable bonds is 8. The van der Waals surface area contributed by atoms with Crippen LogP contribution < -0.4 is 16.0 Å². The molecule has 66 heavy (non-hydrogen) atoms. The summed E-state index contributed by atoms with van der Waals surface area (Å²) in [5.41, 5.74) is 5.25. The SMILES string of the molecule is CCOC(=O)C1Cc2c(C3CCCN(C(=O)OC(C)(C)C)C3)cc(-c3ccccc3O)nc2NC1=O.CCOC(=O)C1Cc2c(C3CCCNC3)cc(-c3ccccc3O)nc2NC1=O.Cl. The fraction of sp³-hybridized carbons (Fsp3) is 0.449. The molecule has 0 spiro atoms. The van der Waals surface area contributed by atoms with Crippen LogP contribution in [0.25, 0.3) is 22.5 Å². The number of phenols is 2. The number of esters is 2. The molecule has 6 heterocycles. The zero-order valence-electron chi connectivity index (χ0n) is 38.0. The van der Waals surface area contributed by atoms with E-state index in [1.54, 1.807) is 61.2 Å². The van der Waals surface area contributed by atoms with Crippen LogP contribution in [-0.2, 0) is 46.2 Å². The number of hydrogen-bond acceptors (Lipinski definition) is 13. The molecule has 4 atom stereocenters. The minimum atomic E-state index is -0.973. The summed E-state index contributed by atoms with van der Waals surface area (Å²) in [6.45, 7) is 12.2. The highest BCUT2D eigenvalue weighted by Crippen LogP contribution is 2.41. The van der Waals surface area contributed by atoms with Crippen molar-refractivity contribution in [2.45, 2.75) is 90.6 Å². The van der Waals surface area contributed by atoms with Gasteiger partial charge in [0.15, 0.2) is 0 Å². The number of piperidine rings is 2. The molecule has 0 aliphatic carbocycles. The standard InChI is InChI=1S/C27H33N3O6.C22H25N3O4.ClH/c1-5-35-25(33)20-13-19-18(16-9-8-12-30(15-16)26(34)36-27(2,3)4)14-21(28-23(19)29-24(20)32)17-10-6-7-11-22(17)31;1-2-29-22(28)17-10-16-15(13-6-5-9-23-12-13)11-18(24-20(16)25-21(17)27)14-7-3-4-8-19(14)26;/h6-7,10-11,14,16,20,31H,5,8-9,12-13,15H2,1-4H3,(H,28,29,32);3-4,7-8,11,13,17,23,26H,2,5-6,9-10,12H2,1H3,(H,24,25,27);1H. The lowest BCUT2D eigenvalue weighted by Gasteiger charge is -2.36. The molecule has 2 fully saturated rings. The van der Waals surface area contributed by atoms with Crippen LogP contribution in [0.2, 0.25) is 0 Å². The highest BCUT2D eigenvalue weighted by molar-refractivity contribution is 6.07. The summed E-state index contributed by atoms with van der Waals surface area (Å²) in [6.07, 6.45) is 3.73. The van der Waals surface area contributed by atoms with Crippen LogP contribution in [0.1, 0.15) is 94.4 Å². The van der Waals surface area contributed by atoms with Gasteiger partial charge in [0.05, 0.1) is 24.6 Å². The predicted molar refractivity (Wildman–Crippen MR) is 249 cm³/mol. The number of carbonyl (C=O) groups excluding carboxylic acids is 5. The van der Waals surface area contributed by atoms with Gasteiger partial charge in [0.25, 0.3) is 0 Å². The van der Waals surface area contributed by atoms with Crippen molar-refractivity contribution in [3.8, 4) is 34.0 Å². The average molecular weight is 927 g/mol. The fourth-order valence-corrected chi connectivity index (χ4v) is 8.91. The summed E-state index contributed by atoms with van der Waals surface area (Å²) < 4.78 is 15.8. The number of aromatic nitrogens is 2. The van der Waals surface area contributed by atoms with E-state index in [9.17, 15) is 34.2 Å². The second-order valence-electron chi connectivity index (χ2n) is 17.7. The Morgan fingerprint density at radius 1 is 0.742 bits per heavy atom. The number of benzene rings is 2. The van der Waals surface area contributed by atoms with Crippen molar-refractivity contribution < 1.29 is 48.4 Å². The largest absolute Gasteiger partial charge is 0.507 e. The van der Waals surface area contributed by atoms with E-state index in [0.29, 0.717) is 47.2 Å². The van der Waals surface area contributed by atoms with Crippen molar-refractivity contribution in [3.05, 3.63) is 82.9 Å².